The highest BCUT2D eigenvalue weighted by Crippen LogP contribution is 2.65. The van der Waals surface area contributed by atoms with E-state index in [9.17, 15) is 0 Å². The van der Waals surface area contributed by atoms with Gasteiger partial charge in [-0.3, -0.25) is 4.98 Å². The second-order valence-corrected chi connectivity index (χ2v) is 9.28. The minimum Gasteiger partial charge on any atom is -0.475 e. The van der Waals surface area contributed by atoms with Gasteiger partial charge in [0, 0.05) is 24.9 Å². The zero-order valence-electron chi connectivity index (χ0n) is 17.4. The molecular weight excluding hydrogens is 360 g/mol. The molecule has 1 saturated carbocycles. The Morgan fingerprint density at radius 2 is 1.97 bits per heavy atom. The Bertz CT molecular complexity index is 971. The first-order valence-electron chi connectivity index (χ1n) is 10.5. The summed E-state index contributed by atoms with van der Waals surface area (Å²) in [6, 6.07) is 11.2. The van der Waals surface area contributed by atoms with E-state index in [1.165, 1.54) is 11.1 Å². The van der Waals surface area contributed by atoms with Crippen molar-refractivity contribution in [1.29, 1.82) is 0 Å². The van der Waals surface area contributed by atoms with E-state index in [0.717, 1.165) is 43.2 Å². The number of nitrogens with zero attached hydrogens (tertiary/aromatic N) is 2. The fourth-order valence-electron chi connectivity index (χ4n) is 6.28. The third kappa shape index (κ3) is 2.53. The van der Waals surface area contributed by atoms with Gasteiger partial charge in [0.2, 0.25) is 0 Å². The quantitative estimate of drug-likeness (QED) is 0.790. The number of benzene rings is 1. The number of rotatable bonds is 2. The Kier molecular flexibility index (Phi) is 4.11. The molecule has 5 rings (SSSR count). The van der Waals surface area contributed by atoms with Crippen LogP contribution in [0.4, 0.5) is 0 Å². The molecule has 3 aliphatic rings. The Morgan fingerprint density at radius 1 is 1.17 bits per heavy atom. The predicted molar refractivity (Wildman–Crippen MR) is 119 cm³/mol. The molecule has 0 amide bonds. The molecule has 2 spiro atoms. The van der Waals surface area contributed by atoms with Crippen molar-refractivity contribution in [3.05, 3.63) is 53.9 Å². The lowest BCUT2D eigenvalue weighted by molar-refractivity contribution is -0.0256. The molecule has 2 N–H and O–H groups in total. The number of aromatic nitrogens is 1. The van der Waals surface area contributed by atoms with Crippen LogP contribution in [0.1, 0.15) is 36.8 Å². The molecule has 1 aromatic carbocycles. The van der Waals surface area contributed by atoms with Crippen molar-refractivity contribution in [1.82, 2.24) is 4.98 Å². The molecule has 0 unspecified atom stereocenters. The third-order valence-electron chi connectivity index (χ3n) is 7.52. The third-order valence-corrected chi connectivity index (χ3v) is 7.52. The Balaban J connectivity index is 1.69. The van der Waals surface area contributed by atoms with Crippen molar-refractivity contribution in [3.63, 3.8) is 0 Å². The van der Waals surface area contributed by atoms with E-state index in [1.54, 1.807) is 6.20 Å². The van der Waals surface area contributed by atoms with Gasteiger partial charge in [-0.15, -0.1) is 0 Å². The number of methoxy groups -OCH3 is 1. The second-order valence-electron chi connectivity index (χ2n) is 9.28. The van der Waals surface area contributed by atoms with Gasteiger partial charge in [0.25, 0.3) is 6.02 Å². The maximum atomic E-state index is 6.21. The van der Waals surface area contributed by atoms with E-state index < -0.39 is 10.9 Å². The number of aliphatic imine (C=N–C) groups is 1. The molecule has 0 bridgehead atoms. The summed E-state index contributed by atoms with van der Waals surface area (Å²) < 4.78 is 11.8. The van der Waals surface area contributed by atoms with E-state index in [2.05, 4.69) is 44.9 Å². The number of amidine groups is 1. The van der Waals surface area contributed by atoms with Crippen molar-refractivity contribution in [3.8, 4) is 11.1 Å². The normalized spacial score (nSPS) is 32.2. The first-order chi connectivity index (χ1) is 13.9. The van der Waals surface area contributed by atoms with Crippen LogP contribution in [0.2, 0.25) is 0 Å². The lowest BCUT2D eigenvalue weighted by atomic mass is 9.45. The van der Waals surface area contributed by atoms with Crippen LogP contribution >= 0.6 is 0 Å². The molecule has 0 radical (unpaired) electrons. The van der Waals surface area contributed by atoms with E-state index >= 15 is 0 Å². The van der Waals surface area contributed by atoms with Crippen LogP contribution in [0, 0.1) is 5.41 Å². The molecule has 148 valence electrons. The average Bonchev–Trinajstić information content (AvgIpc) is 3.13. The monoisotopic (exact) mass is 387 g/mol. The highest BCUT2D eigenvalue weighted by Gasteiger charge is 2.68. The first kappa shape index (κ1) is 18.7. The van der Waals surface area contributed by atoms with Crippen molar-refractivity contribution in [2.75, 3.05) is 7.11 Å². The summed E-state index contributed by atoms with van der Waals surface area (Å²) in [5.41, 5.74) is 10.6. The highest BCUT2D eigenvalue weighted by atomic mass is 16.5. The number of nitrogens with two attached hydrogens (primary N) is 1. The van der Waals surface area contributed by atoms with Gasteiger partial charge in [-0.2, -0.15) is 0 Å². The number of pyridine rings is 1. The van der Waals surface area contributed by atoms with Crippen LogP contribution < -0.4 is 5.73 Å². The molecule has 2 aromatic rings. The van der Waals surface area contributed by atoms with Gasteiger partial charge in [-0.1, -0.05) is 18.2 Å². The van der Waals surface area contributed by atoms with E-state index in [-0.39, 0.29) is 5.41 Å². The zero-order valence-corrected chi connectivity index (χ0v) is 17.4. The number of hydrogen-bond acceptors (Lipinski definition) is 5. The molecule has 29 heavy (non-hydrogen) atoms. The van der Waals surface area contributed by atoms with Crippen molar-refractivity contribution in [2.24, 2.45) is 16.1 Å². The summed E-state index contributed by atoms with van der Waals surface area (Å²) in [5, 5.41) is -0.504. The molecular formula is C22H27B2N3O2. The smallest absolute Gasteiger partial charge is 0.282 e. The topological polar surface area (TPSA) is 69.7 Å². The van der Waals surface area contributed by atoms with Gasteiger partial charge in [-0.05, 0) is 66.5 Å². The fraction of sp³-hybridized carbons (Fsp3) is 0.455. The summed E-state index contributed by atoms with van der Waals surface area (Å²) >= 11 is 0. The summed E-state index contributed by atoms with van der Waals surface area (Å²) in [6.45, 7) is 0. The van der Waals surface area contributed by atoms with E-state index in [0.29, 0.717) is 12.1 Å². The van der Waals surface area contributed by atoms with Gasteiger partial charge >= 0.3 is 0 Å². The molecule has 7 heteroatoms. The molecule has 1 fully saturated rings. The van der Waals surface area contributed by atoms with Crippen molar-refractivity contribution < 1.29 is 9.47 Å². The molecule has 0 saturated heterocycles. The average molecular weight is 387 g/mol. The lowest BCUT2D eigenvalue weighted by Crippen LogP contribution is -2.59. The Morgan fingerprint density at radius 3 is 2.59 bits per heavy atom. The predicted octanol–water partition coefficient (Wildman–Crippen LogP) is 1.34. The minimum atomic E-state index is -0.504. The molecule has 5 nitrogen and oxygen atoms in total. The molecule has 1 aliphatic heterocycles. The lowest BCUT2D eigenvalue weighted by Gasteiger charge is -2.51. The maximum Gasteiger partial charge on any atom is 0.282 e. The van der Waals surface area contributed by atoms with Crippen LogP contribution in [-0.4, -0.2) is 45.3 Å². The van der Waals surface area contributed by atoms with Crippen molar-refractivity contribution in [2.45, 2.75) is 49.1 Å². The van der Waals surface area contributed by atoms with Crippen LogP contribution in [0.3, 0.4) is 0 Å². The van der Waals surface area contributed by atoms with Gasteiger partial charge in [0.05, 0.1) is 11.5 Å². The van der Waals surface area contributed by atoms with Crippen LogP contribution in [0.25, 0.3) is 11.1 Å². The minimum absolute atomic E-state index is 0.00252. The summed E-state index contributed by atoms with van der Waals surface area (Å²) in [5.74, 6) is 0. The number of hydrogen-bond donors (Lipinski definition) is 1. The highest BCUT2D eigenvalue weighted by molar-refractivity contribution is 6.41. The van der Waals surface area contributed by atoms with Gasteiger partial charge < -0.3 is 15.2 Å². The van der Waals surface area contributed by atoms with E-state index in [4.69, 9.17) is 20.2 Å². The molecule has 2 heterocycles. The van der Waals surface area contributed by atoms with Gasteiger partial charge in [-0.25, -0.2) is 4.99 Å². The van der Waals surface area contributed by atoms with Crippen molar-refractivity contribution >= 4 is 21.7 Å². The Labute approximate surface area is 173 Å². The standard InChI is InChI=1S/C22H27B2N3O2/c1-28-17-6-8-20(9-7-17)12-15-5-4-14(16-3-2-10-26-13-16)11-18(15)21(20)22(23,24)29-19(25)27-21/h2-5,10-11,13,17H,6-9,12,23-24H2,1H3,(H2,25,27)/t17-,20-,21-/m0/s1. The van der Waals surface area contributed by atoms with Gasteiger partial charge in [0.15, 0.2) is 15.7 Å². The maximum absolute atomic E-state index is 6.21. The largest absolute Gasteiger partial charge is 0.475 e. The second kappa shape index (κ2) is 6.36. The van der Waals surface area contributed by atoms with Crippen LogP contribution in [-0.2, 0) is 21.4 Å². The van der Waals surface area contributed by atoms with Crippen LogP contribution in [0.5, 0.6) is 0 Å². The Hall–Kier alpha value is -2.27. The first-order valence-corrected chi connectivity index (χ1v) is 10.5. The number of ether oxygens (including phenoxy) is 2. The number of fused-ring (bicyclic) bond motifs is 3. The fourth-order valence-corrected chi connectivity index (χ4v) is 6.28. The summed E-state index contributed by atoms with van der Waals surface area (Å²) in [7, 11) is 6.11. The van der Waals surface area contributed by atoms with E-state index in [1.807, 2.05) is 19.4 Å². The molecule has 1 aromatic heterocycles. The summed E-state index contributed by atoms with van der Waals surface area (Å²) in [4.78, 5) is 9.39. The molecule has 1 atom stereocenters. The summed E-state index contributed by atoms with van der Waals surface area (Å²) in [6.07, 6.45) is 9.28. The van der Waals surface area contributed by atoms with Gasteiger partial charge in [0.1, 0.15) is 5.54 Å². The van der Waals surface area contributed by atoms with Crippen LogP contribution in [0.15, 0.2) is 47.7 Å². The SMILES string of the molecule is BC1(B)OC(N)=N[C@]12c1cc(-c3cccnc3)ccc1C[C@]21CC[C@@H](OC)CC1. The molecule has 2 aliphatic carbocycles. The zero-order chi connectivity index (χ0) is 20.3.